The van der Waals surface area contributed by atoms with Crippen LogP contribution < -0.4 is 16.4 Å². The Morgan fingerprint density at radius 2 is 1.76 bits per heavy atom. The molecular weight excluding hydrogens is 598 g/mol. The Hall–Kier alpha value is -2.53. The van der Waals surface area contributed by atoms with Crippen LogP contribution in [-0.4, -0.2) is 49.8 Å². The summed E-state index contributed by atoms with van der Waals surface area (Å²) in [6, 6.07) is 16.4. The van der Waals surface area contributed by atoms with Crippen LogP contribution in [0.2, 0.25) is 10.0 Å². The molecule has 1 aliphatic heterocycles. The molecular formula is C31H37Cl2FN4O3S. The van der Waals surface area contributed by atoms with Gasteiger partial charge in [0, 0.05) is 47.4 Å². The molecule has 1 heterocycles. The fourth-order valence-electron chi connectivity index (χ4n) is 5.74. The average Bonchev–Trinajstić information content (AvgIpc) is 2.93. The van der Waals surface area contributed by atoms with Crippen molar-refractivity contribution in [3.8, 4) is 0 Å². The molecule has 3 aromatic carbocycles. The Balaban J connectivity index is 1.55. The molecule has 0 aliphatic carbocycles. The maximum absolute atomic E-state index is 15.2. The smallest absolute Gasteiger partial charge is 0.245 e. The third kappa shape index (κ3) is 7.15. The number of sulfonamides is 1. The Morgan fingerprint density at radius 3 is 2.43 bits per heavy atom. The Morgan fingerprint density at radius 1 is 1.07 bits per heavy atom. The van der Waals surface area contributed by atoms with Crippen LogP contribution in [0.1, 0.15) is 44.2 Å². The normalized spacial score (nSPS) is 19.4. The van der Waals surface area contributed by atoms with Gasteiger partial charge in [0.15, 0.2) is 0 Å². The van der Waals surface area contributed by atoms with Gasteiger partial charge in [0.2, 0.25) is 15.9 Å². The second kappa shape index (κ2) is 13.8. The number of hydrogen-bond donors (Lipinski definition) is 3. The van der Waals surface area contributed by atoms with Gasteiger partial charge in [0.1, 0.15) is 10.7 Å². The number of rotatable bonds is 10. The Labute approximate surface area is 257 Å². The summed E-state index contributed by atoms with van der Waals surface area (Å²) in [4.78, 5) is 13.4. The molecule has 0 radical (unpaired) electrons. The minimum atomic E-state index is -3.92. The van der Waals surface area contributed by atoms with E-state index in [-0.39, 0.29) is 34.2 Å². The lowest BCUT2D eigenvalue weighted by Gasteiger charge is -2.40. The van der Waals surface area contributed by atoms with E-state index in [0.29, 0.717) is 35.8 Å². The zero-order valence-electron chi connectivity index (χ0n) is 23.9. The Bertz CT molecular complexity index is 1500. The van der Waals surface area contributed by atoms with Gasteiger partial charge in [-0.2, -0.15) is 4.31 Å². The van der Waals surface area contributed by atoms with Crippen LogP contribution in [0.5, 0.6) is 0 Å². The minimum Gasteiger partial charge on any atom is -0.324 e. The first-order valence-electron chi connectivity index (χ1n) is 14.0. The highest BCUT2D eigenvalue weighted by atomic mass is 35.5. The summed E-state index contributed by atoms with van der Waals surface area (Å²) < 4.78 is 44.1. The molecule has 42 heavy (non-hydrogen) atoms. The summed E-state index contributed by atoms with van der Waals surface area (Å²) in [5.41, 5.74) is 7.96. The van der Waals surface area contributed by atoms with Gasteiger partial charge in [-0.15, -0.1) is 0 Å². The largest absolute Gasteiger partial charge is 0.324 e. The highest BCUT2D eigenvalue weighted by molar-refractivity contribution is 7.89. The lowest BCUT2D eigenvalue weighted by atomic mass is 9.82. The third-order valence-corrected chi connectivity index (χ3v) is 10.6. The maximum atomic E-state index is 15.2. The van der Waals surface area contributed by atoms with Crippen LogP contribution >= 0.6 is 23.2 Å². The molecule has 0 aromatic heterocycles. The molecule has 0 bridgehead atoms. The first-order valence-corrected chi connectivity index (χ1v) is 16.2. The molecule has 1 saturated heterocycles. The van der Waals surface area contributed by atoms with Gasteiger partial charge in [-0.3, -0.25) is 4.79 Å². The number of nitrogens with two attached hydrogens (primary N) is 1. The highest BCUT2D eigenvalue weighted by Gasteiger charge is 2.39. The van der Waals surface area contributed by atoms with Crippen molar-refractivity contribution in [2.75, 3.05) is 18.4 Å². The van der Waals surface area contributed by atoms with Crippen molar-refractivity contribution in [1.29, 1.82) is 0 Å². The van der Waals surface area contributed by atoms with Gasteiger partial charge in [0.05, 0.1) is 11.1 Å². The van der Waals surface area contributed by atoms with Gasteiger partial charge >= 0.3 is 0 Å². The van der Waals surface area contributed by atoms with E-state index in [1.54, 1.807) is 36.4 Å². The molecule has 1 aliphatic rings. The molecule has 3 aromatic rings. The van der Waals surface area contributed by atoms with Crippen molar-refractivity contribution in [2.24, 2.45) is 11.7 Å². The van der Waals surface area contributed by atoms with E-state index >= 15 is 4.39 Å². The fraction of sp³-hybridized carbons (Fsp3) is 0.387. The molecule has 7 nitrogen and oxygen atoms in total. The number of halogens is 3. The van der Waals surface area contributed by atoms with Gasteiger partial charge in [0.25, 0.3) is 0 Å². The summed E-state index contributed by atoms with van der Waals surface area (Å²) in [5.74, 6) is -1.17. The lowest BCUT2D eigenvalue weighted by Crippen LogP contribution is -2.58. The summed E-state index contributed by atoms with van der Waals surface area (Å²) >= 11 is 12.3. The summed E-state index contributed by atoms with van der Waals surface area (Å²) in [6.07, 6.45) is 0.506. The van der Waals surface area contributed by atoms with E-state index in [4.69, 9.17) is 28.9 Å². The predicted octanol–water partition coefficient (Wildman–Crippen LogP) is 5.82. The number of carbonyl (C=O) groups excluding carboxylic acids is 1. The fourth-order valence-corrected chi connectivity index (χ4v) is 8.21. The number of anilines is 1. The first kappa shape index (κ1) is 32.4. The van der Waals surface area contributed by atoms with E-state index in [1.807, 2.05) is 32.9 Å². The van der Waals surface area contributed by atoms with Crippen LogP contribution in [0.15, 0.2) is 71.6 Å². The van der Waals surface area contributed by atoms with Gasteiger partial charge in [-0.25, -0.2) is 12.8 Å². The van der Waals surface area contributed by atoms with E-state index < -0.39 is 33.8 Å². The number of hydrogen-bond acceptors (Lipinski definition) is 5. The quantitative estimate of drug-likeness (QED) is 0.261. The minimum absolute atomic E-state index is 0.0404. The molecule has 0 saturated carbocycles. The highest BCUT2D eigenvalue weighted by Crippen LogP contribution is 2.32. The van der Waals surface area contributed by atoms with Crippen LogP contribution in [0, 0.1) is 11.7 Å². The van der Waals surface area contributed by atoms with Crippen molar-refractivity contribution in [3.05, 3.63) is 93.7 Å². The molecule has 226 valence electrons. The topological polar surface area (TPSA) is 105 Å². The molecule has 4 atom stereocenters. The zero-order chi connectivity index (χ0) is 30.6. The standard InChI is InChI=1S/C31H37Cl2FN4O3S/c1-19(2)29(21-11-13-22(32)14-12-21)30(35)31(39)37-27-9-6-8-26(34)24(27)16-15-23-18-36-17-20(3)38(23)42(40,41)28-10-5-4-7-25(28)33/h4-14,19-20,23,29-30,36H,15-18,35H2,1-3H3,(H,37,39)/t20-,23-,29+,30-/m0/s1. The second-order valence-electron chi connectivity index (χ2n) is 11.1. The SMILES string of the molecule is CC(C)[C@H](c1ccc(Cl)cc1)[C@H](N)C(=O)Nc1cccc(F)c1CC[C@H]1CNC[C@H](C)N1S(=O)(=O)c1ccccc1Cl. The van der Waals surface area contributed by atoms with Crippen molar-refractivity contribution in [3.63, 3.8) is 0 Å². The second-order valence-corrected chi connectivity index (χ2v) is 13.7. The van der Waals surface area contributed by atoms with E-state index in [9.17, 15) is 13.2 Å². The van der Waals surface area contributed by atoms with Crippen LogP contribution in [0.3, 0.4) is 0 Å². The summed E-state index contributed by atoms with van der Waals surface area (Å²) in [7, 11) is -3.92. The summed E-state index contributed by atoms with van der Waals surface area (Å²) in [5, 5.41) is 6.86. The first-order chi connectivity index (χ1) is 19.9. The van der Waals surface area contributed by atoms with Crippen LogP contribution in [-0.2, 0) is 21.2 Å². The van der Waals surface area contributed by atoms with Gasteiger partial charge in [-0.1, -0.05) is 67.4 Å². The molecule has 4 N–H and O–H groups in total. The van der Waals surface area contributed by atoms with E-state index in [1.165, 1.54) is 22.5 Å². The number of benzene rings is 3. The molecule has 1 fully saturated rings. The van der Waals surface area contributed by atoms with Crippen molar-refractivity contribution in [2.45, 2.75) is 62.6 Å². The number of piperazine rings is 1. The monoisotopic (exact) mass is 634 g/mol. The Kier molecular flexibility index (Phi) is 10.7. The zero-order valence-corrected chi connectivity index (χ0v) is 26.2. The molecule has 4 rings (SSSR count). The van der Waals surface area contributed by atoms with Gasteiger partial charge < -0.3 is 16.4 Å². The van der Waals surface area contributed by atoms with E-state index in [0.717, 1.165) is 5.56 Å². The maximum Gasteiger partial charge on any atom is 0.245 e. The van der Waals surface area contributed by atoms with Crippen molar-refractivity contribution < 1.29 is 17.6 Å². The number of nitrogens with zero attached hydrogens (tertiary/aromatic N) is 1. The number of carbonyl (C=O) groups is 1. The van der Waals surface area contributed by atoms with Gasteiger partial charge in [-0.05, 0) is 67.6 Å². The molecule has 11 heteroatoms. The number of nitrogens with one attached hydrogen (secondary N) is 2. The van der Waals surface area contributed by atoms with Crippen molar-refractivity contribution in [1.82, 2.24) is 9.62 Å². The summed E-state index contributed by atoms with van der Waals surface area (Å²) in [6.45, 7) is 6.68. The predicted molar refractivity (Wildman–Crippen MR) is 167 cm³/mol. The molecule has 1 amide bonds. The van der Waals surface area contributed by atoms with Crippen LogP contribution in [0.25, 0.3) is 0 Å². The van der Waals surface area contributed by atoms with Crippen LogP contribution in [0.4, 0.5) is 10.1 Å². The lowest BCUT2D eigenvalue weighted by molar-refractivity contribution is -0.118. The molecule has 0 unspecified atom stereocenters. The molecule has 0 spiro atoms. The van der Waals surface area contributed by atoms with Crippen molar-refractivity contribution >= 4 is 44.8 Å². The van der Waals surface area contributed by atoms with E-state index in [2.05, 4.69) is 10.6 Å². The number of amides is 1. The third-order valence-electron chi connectivity index (χ3n) is 7.77. The average molecular weight is 636 g/mol.